The molecule has 0 fully saturated rings. The topological polar surface area (TPSA) is 86.0 Å². The maximum Gasteiger partial charge on any atom is 0.259 e. The van der Waals surface area contributed by atoms with E-state index in [4.69, 9.17) is 4.74 Å². The van der Waals surface area contributed by atoms with Crippen molar-refractivity contribution in [3.05, 3.63) is 29.8 Å². The average molecular weight is 271 g/mol. The lowest BCUT2D eigenvalue weighted by molar-refractivity contribution is 0.313. The highest BCUT2D eigenvalue weighted by atomic mass is 16.6. The maximum atomic E-state index is 5.19. The molecule has 2 aromatic heterocycles. The number of aryl methyl sites for hydroxylation is 1. The Balaban J connectivity index is 1.95. The van der Waals surface area contributed by atoms with E-state index in [0.29, 0.717) is 23.0 Å². The first-order chi connectivity index (χ1) is 9.80. The number of aromatic nitrogens is 4. The minimum Gasteiger partial charge on any atom is -0.478 e. The molecular formula is C13H13N5O2. The predicted octanol–water partition coefficient (Wildman–Crippen LogP) is 2.33. The van der Waals surface area contributed by atoms with Gasteiger partial charge in [0.15, 0.2) is 5.82 Å². The molecule has 0 saturated carbocycles. The van der Waals surface area contributed by atoms with Gasteiger partial charge in [0.25, 0.3) is 5.88 Å². The Hall–Kier alpha value is -2.70. The number of benzene rings is 1. The van der Waals surface area contributed by atoms with E-state index in [1.807, 2.05) is 12.1 Å². The highest BCUT2D eigenvalue weighted by molar-refractivity contribution is 5.71. The van der Waals surface area contributed by atoms with E-state index < -0.39 is 0 Å². The number of hydrogen-bond donors (Lipinski definition) is 1. The number of nitrogens with one attached hydrogen (secondary N) is 1. The molecule has 0 unspecified atom stereocenters. The van der Waals surface area contributed by atoms with Gasteiger partial charge >= 0.3 is 0 Å². The largest absolute Gasteiger partial charge is 0.478 e. The number of methoxy groups -OCH3 is 1. The van der Waals surface area contributed by atoms with Crippen LogP contribution in [0.25, 0.3) is 11.3 Å². The molecule has 3 rings (SSSR count). The molecule has 7 heteroatoms. The Bertz CT molecular complexity index is 723. The Morgan fingerprint density at radius 1 is 1.10 bits per heavy atom. The molecule has 0 bridgehead atoms. The van der Waals surface area contributed by atoms with Crippen molar-refractivity contribution in [3.8, 4) is 5.88 Å². The van der Waals surface area contributed by atoms with Gasteiger partial charge in [-0.25, -0.2) is 4.63 Å². The second-order valence-electron chi connectivity index (χ2n) is 4.17. The van der Waals surface area contributed by atoms with E-state index in [-0.39, 0.29) is 0 Å². The summed E-state index contributed by atoms with van der Waals surface area (Å²) in [5.74, 6) is 0.813. The van der Waals surface area contributed by atoms with Crippen LogP contribution in [-0.4, -0.2) is 27.4 Å². The molecule has 102 valence electrons. The molecule has 3 aromatic rings. The predicted molar refractivity (Wildman–Crippen MR) is 73.0 cm³/mol. The van der Waals surface area contributed by atoms with Gasteiger partial charge in [-0.1, -0.05) is 19.1 Å². The van der Waals surface area contributed by atoms with Crippen LogP contribution in [0.4, 0.5) is 11.5 Å². The fourth-order valence-electron chi connectivity index (χ4n) is 1.81. The molecule has 0 radical (unpaired) electrons. The third-order valence-corrected chi connectivity index (χ3v) is 2.90. The molecular weight excluding hydrogens is 258 g/mol. The number of anilines is 2. The number of nitrogens with zero attached hydrogens (tertiary/aromatic N) is 4. The highest BCUT2D eigenvalue weighted by Crippen LogP contribution is 2.25. The second kappa shape index (κ2) is 5.12. The lowest BCUT2D eigenvalue weighted by Gasteiger charge is -2.08. The van der Waals surface area contributed by atoms with Crippen LogP contribution in [0.2, 0.25) is 0 Å². The lowest BCUT2D eigenvalue weighted by atomic mass is 10.1. The van der Waals surface area contributed by atoms with Gasteiger partial charge in [0, 0.05) is 5.69 Å². The van der Waals surface area contributed by atoms with Crippen molar-refractivity contribution in [2.45, 2.75) is 13.3 Å². The summed E-state index contributed by atoms with van der Waals surface area (Å²) >= 11 is 0. The van der Waals surface area contributed by atoms with Crippen molar-refractivity contribution < 1.29 is 9.37 Å². The van der Waals surface area contributed by atoms with Gasteiger partial charge in [-0.15, -0.1) is 0 Å². The zero-order chi connectivity index (χ0) is 13.9. The molecule has 7 nitrogen and oxygen atoms in total. The quantitative estimate of drug-likeness (QED) is 0.779. The Morgan fingerprint density at radius 2 is 1.80 bits per heavy atom. The smallest absolute Gasteiger partial charge is 0.259 e. The van der Waals surface area contributed by atoms with Crippen molar-refractivity contribution in [3.63, 3.8) is 0 Å². The third-order valence-electron chi connectivity index (χ3n) is 2.90. The van der Waals surface area contributed by atoms with Crippen molar-refractivity contribution >= 4 is 22.8 Å². The summed E-state index contributed by atoms with van der Waals surface area (Å²) in [5.41, 5.74) is 2.81. The summed E-state index contributed by atoms with van der Waals surface area (Å²) in [6, 6.07) is 8.06. The SMILES string of the molecule is CCc1ccc(Nc2nc3nonc3nc2OC)cc1. The number of ether oxygens (including phenoxy) is 1. The first-order valence-corrected chi connectivity index (χ1v) is 6.20. The molecule has 0 atom stereocenters. The van der Waals surface area contributed by atoms with Gasteiger partial charge in [0.2, 0.25) is 11.3 Å². The summed E-state index contributed by atoms with van der Waals surface area (Å²) < 4.78 is 9.79. The van der Waals surface area contributed by atoms with E-state index in [1.165, 1.54) is 12.7 Å². The molecule has 2 heterocycles. The molecule has 0 spiro atoms. The van der Waals surface area contributed by atoms with Crippen LogP contribution in [0, 0.1) is 0 Å². The van der Waals surface area contributed by atoms with Crippen LogP contribution in [0.3, 0.4) is 0 Å². The summed E-state index contributed by atoms with van der Waals surface area (Å²) in [5, 5.41) is 10.4. The molecule has 1 aromatic carbocycles. The molecule has 20 heavy (non-hydrogen) atoms. The van der Waals surface area contributed by atoms with E-state index in [0.717, 1.165) is 12.1 Å². The summed E-state index contributed by atoms with van der Waals surface area (Å²) in [4.78, 5) is 8.45. The fraction of sp³-hybridized carbons (Fsp3) is 0.231. The third kappa shape index (κ3) is 2.25. The normalized spacial score (nSPS) is 10.7. The molecule has 0 amide bonds. The Labute approximate surface area is 115 Å². The second-order valence-corrected chi connectivity index (χ2v) is 4.17. The van der Waals surface area contributed by atoms with Crippen LogP contribution in [0.1, 0.15) is 12.5 Å². The summed E-state index contributed by atoms with van der Waals surface area (Å²) in [6.07, 6.45) is 1.000. The van der Waals surface area contributed by atoms with Crippen LogP contribution in [0.15, 0.2) is 28.9 Å². The number of rotatable bonds is 4. The van der Waals surface area contributed by atoms with Gasteiger partial charge < -0.3 is 10.1 Å². The van der Waals surface area contributed by atoms with Gasteiger partial charge in [-0.2, -0.15) is 9.97 Å². The minimum absolute atomic E-state index is 0.314. The van der Waals surface area contributed by atoms with Crippen LogP contribution in [-0.2, 0) is 6.42 Å². The number of fused-ring (bicyclic) bond motifs is 1. The van der Waals surface area contributed by atoms with E-state index >= 15 is 0 Å². The van der Waals surface area contributed by atoms with E-state index in [2.05, 4.69) is 49.3 Å². The van der Waals surface area contributed by atoms with Crippen LogP contribution in [0.5, 0.6) is 5.88 Å². The average Bonchev–Trinajstić information content (AvgIpc) is 2.94. The first-order valence-electron chi connectivity index (χ1n) is 6.20. The Morgan fingerprint density at radius 3 is 2.45 bits per heavy atom. The Kier molecular flexibility index (Phi) is 3.16. The van der Waals surface area contributed by atoms with Gasteiger partial charge in [0.05, 0.1) is 7.11 Å². The van der Waals surface area contributed by atoms with Crippen LogP contribution >= 0.6 is 0 Å². The van der Waals surface area contributed by atoms with E-state index in [9.17, 15) is 0 Å². The van der Waals surface area contributed by atoms with Crippen molar-refractivity contribution in [2.24, 2.45) is 0 Å². The maximum absolute atomic E-state index is 5.19. The number of hydrogen-bond acceptors (Lipinski definition) is 7. The van der Waals surface area contributed by atoms with E-state index in [1.54, 1.807) is 0 Å². The molecule has 0 aliphatic rings. The highest BCUT2D eigenvalue weighted by Gasteiger charge is 2.13. The fourth-order valence-corrected chi connectivity index (χ4v) is 1.81. The summed E-state index contributed by atoms with van der Waals surface area (Å²) in [7, 11) is 1.52. The minimum atomic E-state index is 0.314. The summed E-state index contributed by atoms with van der Waals surface area (Å²) in [6.45, 7) is 2.11. The van der Waals surface area contributed by atoms with Crippen LogP contribution < -0.4 is 10.1 Å². The van der Waals surface area contributed by atoms with Gasteiger partial charge in [-0.3, -0.25) is 0 Å². The van der Waals surface area contributed by atoms with Gasteiger partial charge in [0.1, 0.15) is 0 Å². The molecule has 0 aliphatic carbocycles. The zero-order valence-electron chi connectivity index (χ0n) is 11.1. The first kappa shape index (κ1) is 12.3. The van der Waals surface area contributed by atoms with Crippen molar-refractivity contribution in [2.75, 3.05) is 12.4 Å². The lowest BCUT2D eigenvalue weighted by Crippen LogP contribution is -2.00. The standard InChI is InChI=1S/C13H13N5O2/c1-3-8-4-6-9(7-5-8)14-12-13(19-2)16-11-10(15-12)17-20-18-11/h4-7H,3H2,1-2H3,(H,14,15,17). The van der Waals surface area contributed by atoms with Crippen molar-refractivity contribution in [1.29, 1.82) is 0 Å². The van der Waals surface area contributed by atoms with Crippen molar-refractivity contribution in [1.82, 2.24) is 20.3 Å². The monoisotopic (exact) mass is 271 g/mol. The molecule has 0 saturated heterocycles. The van der Waals surface area contributed by atoms with Gasteiger partial charge in [-0.05, 0) is 34.4 Å². The zero-order valence-corrected chi connectivity index (χ0v) is 11.1. The molecule has 1 N–H and O–H groups in total. The molecule has 0 aliphatic heterocycles.